The van der Waals surface area contributed by atoms with Gasteiger partial charge in [-0.1, -0.05) is 77.7 Å². The second-order valence-electron chi connectivity index (χ2n) is 11.5. The lowest BCUT2D eigenvalue weighted by Gasteiger charge is -2.47. The molecule has 3 heterocycles. The van der Waals surface area contributed by atoms with Gasteiger partial charge < -0.3 is 15.5 Å². The maximum Gasteiger partial charge on any atom is 0.233 e. The number of halogens is 1. The Hall–Kier alpha value is -1.69. The summed E-state index contributed by atoms with van der Waals surface area (Å²) in [5.74, 6) is 1.77. The average Bonchev–Trinajstić information content (AvgIpc) is 3.33. The maximum atomic E-state index is 14.5. The summed E-state index contributed by atoms with van der Waals surface area (Å²) >= 11 is 3.81. The predicted molar refractivity (Wildman–Crippen MR) is 142 cm³/mol. The largest absolute Gasteiger partial charge is 0.345 e. The Morgan fingerprint density at radius 3 is 2.57 bits per heavy atom. The van der Waals surface area contributed by atoms with Gasteiger partial charge in [-0.05, 0) is 54.7 Å². The molecule has 3 fully saturated rings. The van der Waals surface area contributed by atoms with Gasteiger partial charge in [0.2, 0.25) is 5.91 Å². The van der Waals surface area contributed by atoms with Gasteiger partial charge in [-0.2, -0.15) is 0 Å². The highest BCUT2D eigenvalue weighted by molar-refractivity contribution is 9.10. The molecule has 4 atom stereocenters. The topological polar surface area (TPSA) is 53.5 Å². The number of nitrogens with two attached hydrogens (primary N) is 2. The summed E-state index contributed by atoms with van der Waals surface area (Å²) in [5.41, 5.74) is 4.24. The molecular weight excluding hydrogens is 498 g/mol. The van der Waals surface area contributed by atoms with Crippen molar-refractivity contribution in [2.75, 3.05) is 26.2 Å². The molecular formula is C30H40BrN3O+2. The Morgan fingerprint density at radius 2 is 1.74 bits per heavy atom. The van der Waals surface area contributed by atoms with E-state index in [1.54, 1.807) is 0 Å². The van der Waals surface area contributed by atoms with Crippen molar-refractivity contribution in [1.29, 1.82) is 0 Å². The van der Waals surface area contributed by atoms with Gasteiger partial charge in [0.25, 0.3) is 0 Å². The summed E-state index contributed by atoms with van der Waals surface area (Å²) in [6.07, 6.45) is 8.84. The van der Waals surface area contributed by atoms with Crippen molar-refractivity contribution >= 4 is 21.8 Å². The molecule has 4 aliphatic rings. The molecule has 186 valence electrons. The van der Waals surface area contributed by atoms with Gasteiger partial charge in [0.05, 0.1) is 19.6 Å². The molecule has 1 amide bonds. The standard InChI is InChI=1S/C30H38BrN3O/c31-27-13-7-12-25-24(27)17-32-19-30(25)20-33-18-26(30)29(35)34-15-14-23(21-8-3-1-4-9-21)16-28(34)22-10-5-2-6-11-22/h1,3-4,7-9,12-13,22-23,26,28,32-33H,2,5-6,10-11,14-20H2/p+2/t23-,26+,28+,30+/m1/s1. The van der Waals surface area contributed by atoms with Crippen LogP contribution in [0.15, 0.2) is 53.0 Å². The van der Waals surface area contributed by atoms with Gasteiger partial charge in [0.15, 0.2) is 0 Å². The lowest BCUT2D eigenvalue weighted by Crippen LogP contribution is -2.91. The molecule has 2 aromatic carbocycles. The molecule has 2 aromatic rings. The van der Waals surface area contributed by atoms with Gasteiger partial charge in [0, 0.05) is 22.6 Å². The molecule has 4 nitrogen and oxygen atoms in total. The Kier molecular flexibility index (Phi) is 6.76. The average molecular weight is 539 g/mol. The lowest BCUT2D eigenvalue weighted by atomic mass is 9.68. The van der Waals surface area contributed by atoms with Crippen molar-refractivity contribution in [2.24, 2.45) is 11.8 Å². The number of fused-ring (bicyclic) bond motifs is 2. The molecule has 1 saturated carbocycles. The van der Waals surface area contributed by atoms with E-state index in [1.165, 1.54) is 53.3 Å². The van der Waals surface area contributed by atoms with E-state index < -0.39 is 0 Å². The van der Waals surface area contributed by atoms with Crippen LogP contribution in [0.4, 0.5) is 0 Å². The van der Waals surface area contributed by atoms with Crippen LogP contribution >= 0.6 is 15.9 Å². The van der Waals surface area contributed by atoms with Crippen LogP contribution in [0.1, 0.15) is 67.6 Å². The van der Waals surface area contributed by atoms with E-state index >= 15 is 0 Å². The molecule has 5 heteroatoms. The third kappa shape index (κ3) is 4.28. The number of carbonyl (C=O) groups is 1. The summed E-state index contributed by atoms with van der Waals surface area (Å²) in [6, 6.07) is 18.1. The third-order valence-corrected chi connectivity index (χ3v) is 10.5. The number of quaternary nitrogens is 2. The zero-order valence-electron chi connectivity index (χ0n) is 20.8. The van der Waals surface area contributed by atoms with E-state index in [0.29, 0.717) is 23.8 Å². The predicted octanol–water partition coefficient (Wildman–Crippen LogP) is 3.31. The summed E-state index contributed by atoms with van der Waals surface area (Å²) in [7, 11) is 0. The van der Waals surface area contributed by atoms with Crippen LogP contribution in [0.3, 0.4) is 0 Å². The highest BCUT2D eigenvalue weighted by Gasteiger charge is 2.57. The minimum Gasteiger partial charge on any atom is -0.345 e. The lowest BCUT2D eigenvalue weighted by molar-refractivity contribution is -0.691. The number of amides is 1. The fourth-order valence-corrected chi connectivity index (χ4v) is 8.55. The zero-order chi connectivity index (χ0) is 23.8. The number of hydrogen-bond donors (Lipinski definition) is 2. The monoisotopic (exact) mass is 537 g/mol. The molecule has 3 aliphatic heterocycles. The molecule has 1 aliphatic carbocycles. The van der Waals surface area contributed by atoms with Crippen molar-refractivity contribution in [3.05, 3.63) is 69.7 Å². The first-order valence-electron chi connectivity index (χ1n) is 13.9. The SMILES string of the molecule is O=C([C@@H]1C[NH2+]C[C@]12C[NH2+]Cc1c(Br)cccc12)N1CC[C@@H](c2ccccc2)C[C@H]1C1CCCCC1. The molecule has 6 rings (SSSR count). The minimum atomic E-state index is -0.0537. The Morgan fingerprint density at radius 1 is 0.943 bits per heavy atom. The van der Waals surface area contributed by atoms with Crippen molar-refractivity contribution < 1.29 is 15.4 Å². The summed E-state index contributed by atoms with van der Waals surface area (Å²) in [5, 5.41) is 4.85. The number of nitrogens with zero attached hydrogens (tertiary/aromatic N) is 1. The van der Waals surface area contributed by atoms with Crippen molar-refractivity contribution in [3.63, 3.8) is 0 Å². The quantitative estimate of drug-likeness (QED) is 0.619. The first-order chi connectivity index (χ1) is 17.2. The van der Waals surface area contributed by atoms with E-state index in [9.17, 15) is 4.79 Å². The Bertz CT molecular complexity index is 1050. The molecule has 0 unspecified atom stereocenters. The molecule has 0 radical (unpaired) electrons. The van der Waals surface area contributed by atoms with Gasteiger partial charge in [0.1, 0.15) is 17.9 Å². The van der Waals surface area contributed by atoms with Crippen molar-refractivity contribution in [3.8, 4) is 0 Å². The van der Waals surface area contributed by atoms with E-state index in [2.05, 4.69) is 80.0 Å². The van der Waals surface area contributed by atoms with Crippen molar-refractivity contribution in [1.82, 2.24) is 4.90 Å². The van der Waals surface area contributed by atoms with E-state index in [1.807, 2.05) is 0 Å². The molecule has 0 bridgehead atoms. The normalized spacial score (nSPS) is 31.5. The van der Waals surface area contributed by atoms with E-state index in [-0.39, 0.29) is 11.3 Å². The van der Waals surface area contributed by atoms with Crippen LogP contribution in [0.5, 0.6) is 0 Å². The number of rotatable bonds is 3. The number of hydrogen-bond acceptors (Lipinski definition) is 1. The van der Waals surface area contributed by atoms with Crippen LogP contribution in [0.2, 0.25) is 0 Å². The van der Waals surface area contributed by atoms with Crippen LogP contribution in [-0.2, 0) is 16.8 Å². The first-order valence-corrected chi connectivity index (χ1v) is 14.7. The number of likely N-dealkylation sites (tertiary alicyclic amines) is 1. The third-order valence-electron chi connectivity index (χ3n) is 9.78. The zero-order valence-corrected chi connectivity index (χ0v) is 22.4. The first kappa shape index (κ1) is 23.7. The highest BCUT2D eigenvalue weighted by atomic mass is 79.9. The second kappa shape index (κ2) is 9.99. The number of benzene rings is 2. The number of carbonyl (C=O) groups excluding carboxylic acids is 1. The van der Waals surface area contributed by atoms with Crippen LogP contribution in [0.25, 0.3) is 0 Å². The molecule has 35 heavy (non-hydrogen) atoms. The fraction of sp³-hybridized carbons (Fsp3) is 0.567. The summed E-state index contributed by atoms with van der Waals surface area (Å²) in [6.45, 7) is 4.90. The van der Waals surface area contributed by atoms with Gasteiger partial charge >= 0.3 is 0 Å². The van der Waals surface area contributed by atoms with Crippen molar-refractivity contribution in [2.45, 2.75) is 68.9 Å². The molecule has 2 saturated heterocycles. The second-order valence-corrected chi connectivity index (χ2v) is 12.4. The smallest absolute Gasteiger partial charge is 0.233 e. The Labute approximate surface area is 218 Å². The van der Waals surface area contributed by atoms with Crippen LogP contribution < -0.4 is 10.6 Å². The van der Waals surface area contributed by atoms with Crippen LogP contribution in [-0.4, -0.2) is 43.0 Å². The van der Waals surface area contributed by atoms with Gasteiger partial charge in [-0.3, -0.25) is 4.79 Å². The van der Waals surface area contributed by atoms with Crippen LogP contribution in [0, 0.1) is 11.8 Å². The number of piperidine rings is 1. The fourth-order valence-electron chi connectivity index (χ4n) is 8.02. The molecule has 0 aromatic heterocycles. The highest BCUT2D eigenvalue weighted by Crippen LogP contribution is 2.43. The van der Waals surface area contributed by atoms with E-state index in [0.717, 1.165) is 45.6 Å². The molecule has 4 N–H and O–H groups in total. The minimum absolute atomic E-state index is 0.0537. The van der Waals surface area contributed by atoms with E-state index in [4.69, 9.17) is 0 Å². The maximum absolute atomic E-state index is 14.5. The Balaban J connectivity index is 1.31. The summed E-state index contributed by atoms with van der Waals surface area (Å²) < 4.78 is 1.20. The van der Waals surface area contributed by atoms with Gasteiger partial charge in [-0.15, -0.1) is 0 Å². The summed E-state index contributed by atoms with van der Waals surface area (Å²) in [4.78, 5) is 16.9. The van der Waals surface area contributed by atoms with Gasteiger partial charge in [-0.25, -0.2) is 0 Å². The molecule has 1 spiro atoms.